The van der Waals surface area contributed by atoms with Gasteiger partial charge in [0.05, 0.1) is 124 Å². The second kappa shape index (κ2) is 67.9. The van der Waals surface area contributed by atoms with Crippen molar-refractivity contribution in [3.05, 3.63) is 35.9 Å². The molecule has 1 aliphatic heterocycles. The number of primary amides is 1. The molecule has 0 unspecified atom stereocenters. The molecule has 0 aliphatic carbocycles. The zero-order valence-electron chi connectivity index (χ0n) is 69.3. The van der Waals surface area contributed by atoms with Gasteiger partial charge in [-0.2, -0.15) is 30.7 Å². The predicted octanol–water partition coefficient (Wildman–Crippen LogP) is -8.06. The molecule has 7 atom stereocenters. The molecule has 1 saturated heterocycles. The van der Waals surface area contributed by atoms with Gasteiger partial charge in [-0.3, -0.25) is 82.2 Å². The minimum absolute atomic E-state index is 0.0239. The van der Waals surface area contributed by atoms with Crippen LogP contribution in [0.5, 0.6) is 0 Å². The lowest BCUT2D eigenvalue weighted by Gasteiger charge is -2.26. The molecule has 2 rings (SSSR count). The molecule has 696 valence electrons. The fourth-order valence-corrected chi connectivity index (χ4v) is 11.4. The van der Waals surface area contributed by atoms with Crippen LogP contribution in [0, 0.1) is 5.41 Å². The van der Waals surface area contributed by atoms with Crippen LogP contribution >= 0.6 is 37.0 Å². The first-order valence-corrected chi connectivity index (χ1v) is 41.8. The lowest BCUT2D eigenvalue weighted by molar-refractivity contribution is -0.141. The van der Waals surface area contributed by atoms with Gasteiger partial charge in [-0.25, -0.2) is 4.79 Å². The number of carboxylic acids is 1. The summed E-state index contributed by atoms with van der Waals surface area (Å²) in [4.78, 5) is 214. The second-order valence-corrected chi connectivity index (χ2v) is 29.1. The van der Waals surface area contributed by atoms with E-state index < -0.39 is 205 Å². The molecular weight excluding hydrogens is 1690 g/mol. The van der Waals surface area contributed by atoms with Crippen molar-refractivity contribution in [2.45, 2.75) is 114 Å². The third kappa shape index (κ3) is 58.2. The summed E-state index contributed by atoms with van der Waals surface area (Å²) in [5, 5.41) is 52.7. The molecule has 123 heavy (non-hydrogen) atoms. The van der Waals surface area contributed by atoms with Gasteiger partial charge in [0.2, 0.25) is 82.7 Å². The molecule has 0 bridgehead atoms. The number of carbonyl (C=O) groups is 16. The highest BCUT2D eigenvalue weighted by Crippen LogP contribution is 2.12. The maximum atomic E-state index is 14.6. The Morgan fingerprint density at radius 3 is 1.35 bits per heavy atom. The summed E-state index contributed by atoms with van der Waals surface area (Å²) < 4.78 is 59.0. The lowest BCUT2D eigenvalue weighted by atomic mass is 10.0. The van der Waals surface area contributed by atoms with E-state index in [0.29, 0.717) is 38.6 Å². The van der Waals surface area contributed by atoms with Crippen LogP contribution in [0.1, 0.15) is 64.9 Å². The first-order valence-electron chi connectivity index (χ1n) is 39.4. The largest absolute Gasteiger partial charge is 0.481 e. The van der Waals surface area contributed by atoms with Crippen LogP contribution in [-0.4, -0.2) is 361 Å². The van der Waals surface area contributed by atoms with Crippen molar-refractivity contribution in [2.75, 3.05) is 208 Å². The van der Waals surface area contributed by atoms with E-state index in [0.717, 1.165) is 11.8 Å². The van der Waals surface area contributed by atoms with Gasteiger partial charge in [-0.05, 0) is 58.4 Å². The average molecular weight is 1810 g/mol. The summed E-state index contributed by atoms with van der Waals surface area (Å²) in [6.07, 6.45) is -1.93. The third-order valence-electron chi connectivity index (χ3n) is 15.8. The molecule has 0 radical (unpaired) electrons. The summed E-state index contributed by atoms with van der Waals surface area (Å²) in [6, 6.07) is -2.57. The number of guanidine groups is 1. The number of thiol groups is 2. The Kier molecular flexibility index (Phi) is 60.4. The number of unbranched alkanes of at least 4 members (excludes halogenated alkanes) is 1. The topological polar surface area (TPSA) is 660 Å². The van der Waals surface area contributed by atoms with Crippen molar-refractivity contribution in [1.82, 2.24) is 79.9 Å². The number of aliphatic carboxylic acids is 1. The second-order valence-electron chi connectivity index (χ2n) is 27.3. The van der Waals surface area contributed by atoms with Gasteiger partial charge in [-0.1, -0.05) is 30.3 Å². The van der Waals surface area contributed by atoms with E-state index >= 15 is 0 Å². The number of benzene rings is 1. The fraction of sp³-hybridized carbons (Fsp3) is 0.685. The number of carboxylic acid groups (broad SMARTS) is 1. The fourth-order valence-electron chi connectivity index (χ4n) is 10.0. The number of carbonyl (C=O) groups excluding carboxylic acids is 15. The molecule has 50 heteroatoms. The molecule has 47 nitrogen and oxygen atoms in total. The van der Waals surface area contributed by atoms with E-state index in [-0.39, 0.29) is 163 Å². The molecule has 1 heterocycles. The number of hydrogen-bond acceptors (Lipinski definition) is 32. The average Bonchev–Trinajstić information content (AvgIpc) is 0.944. The Morgan fingerprint density at radius 1 is 0.463 bits per heavy atom. The maximum absolute atomic E-state index is 14.6. The van der Waals surface area contributed by atoms with Gasteiger partial charge in [0.15, 0.2) is 12.6 Å². The van der Waals surface area contributed by atoms with Crippen LogP contribution < -0.4 is 91.4 Å². The zero-order chi connectivity index (χ0) is 90.8. The zero-order valence-corrected chi connectivity index (χ0v) is 71.9. The summed E-state index contributed by atoms with van der Waals surface area (Å²) in [5.74, 6) is -15.1. The molecule has 15 amide bonds. The molecule has 0 aromatic heterocycles. The van der Waals surface area contributed by atoms with Crippen LogP contribution in [-0.2, 0) is 135 Å². The van der Waals surface area contributed by atoms with E-state index in [2.05, 4.69) is 99.7 Å². The Labute approximate surface area is 727 Å². The number of nitrogens with two attached hydrogens (primary N) is 2. The van der Waals surface area contributed by atoms with Crippen LogP contribution in [0.4, 0.5) is 4.79 Å². The number of amides is 15. The number of ether oxygens (including phenoxy) is 11. The van der Waals surface area contributed by atoms with E-state index in [1.807, 2.05) is 5.48 Å². The van der Waals surface area contributed by atoms with Crippen LogP contribution in [0.15, 0.2) is 30.3 Å². The van der Waals surface area contributed by atoms with E-state index in [1.165, 1.54) is 0 Å². The number of rotatable bonds is 57. The first-order chi connectivity index (χ1) is 58.9. The van der Waals surface area contributed by atoms with Crippen molar-refractivity contribution >= 4 is 138 Å². The lowest BCUT2D eigenvalue weighted by Crippen LogP contribution is -2.60. The monoisotopic (exact) mass is 1810 g/mol. The summed E-state index contributed by atoms with van der Waals surface area (Å²) in [5.41, 5.74) is 12.2. The number of hydrogen-bond donors (Lipinski definition) is 21. The van der Waals surface area contributed by atoms with Crippen molar-refractivity contribution in [3.63, 3.8) is 0 Å². The molecule has 1 aromatic carbocycles. The highest BCUT2D eigenvalue weighted by Gasteiger charge is 2.35. The van der Waals surface area contributed by atoms with Crippen LogP contribution in [0.25, 0.3) is 0 Å². The van der Waals surface area contributed by atoms with Gasteiger partial charge in [-0.15, -0.1) is 11.8 Å². The summed E-state index contributed by atoms with van der Waals surface area (Å²) >= 11 is 9.36. The van der Waals surface area contributed by atoms with Crippen LogP contribution in [0.2, 0.25) is 0 Å². The summed E-state index contributed by atoms with van der Waals surface area (Å²) in [7, 11) is 0. The molecule has 0 spiro atoms. The molecule has 1 fully saturated rings. The molecular formula is C73H122N18O29S3. The normalized spacial score (nSPS) is 18.0. The van der Waals surface area contributed by atoms with E-state index in [1.54, 1.807) is 51.1 Å². The van der Waals surface area contributed by atoms with Crippen molar-refractivity contribution in [3.8, 4) is 0 Å². The number of thioether (sulfide) groups is 1. The van der Waals surface area contributed by atoms with Crippen molar-refractivity contribution < 1.29 is 139 Å². The predicted molar refractivity (Wildman–Crippen MR) is 445 cm³/mol. The van der Waals surface area contributed by atoms with Crippen molar-refractivity contribution in [1.29, 1.82) is 5.41 Å². The highest BCUT2D eigenvalue weighted by atomic mass is 32.2. The number of hydroxylamine groups is 1. The SMILES string of the molecule is CC(C)(C)OC(=O)NOCC(=O)NCCOCCOCCOCCOCCOCCNC(=O)COCC(=O)NCCCC[C@@H]1NC(=O)CSC[C@@H](C(=O)NCCOCCOCCOCCNC(=O)COCC(N)=O)NC(=O)[C@H](Cc2ccccc2)NC(=O)[C@H](CS)NC(=O)[C@H](CC(=O)O)NC(=O)CNC(=O)[C@H](CCCNC(=N)N)NC(=O)[C@H](CS)NC1=O. The minimum atomic E-state index is -1.88. The molecule has 21 N–H and O–H groups in total. The molecule has 0 saturated carbocycles. The van der Waals surface area contributed by atoms with E-state index in [4.69, 9.17) is 73.8 Å². The summed E-state index contributed by atoms with van der Waals surface area (Å²) in [6.45, 7) is 5.74. The number of nitrogens with one attached hydrogen (secondary N) is 16. The van der Waals surface area contributed by atoms with Gasteiger partial charge < -0.3 is 143 Å². The maximum Gasteiger partial charge on any atom is 0.431 e. The Morgan fingerprint density at radius 2 is 0.870 bits per heavy atom. The van der Waals surface area contributed by atoms with Gasteiger partial charge in [0.1, 0.15) is 74.3 Å². The van der Waals surface area contributed by atoms with E-state index in [9.17, 15) is 81.8 Å². The van der Waals surface area contributed by atoms with Gasteiger partial charge in [0, 0.05) is 62.9 Å². The van der Waals surface area contributed by atoms with Crippen LogP contribution in [0.3, 0.4) is 0 Å². The Bertz CT molecular complexity index is 3400. The molecule has 1 aromatic rings. The third-order valence-corrected chi connectivity index (χ3v) is 17.6. The Hall–Kier alpha value is -9.58. The standard InChI is InChI=1S/C73H122N18O29S3/c1-73(2,3)120-72(108)91-119-43-61(97)80-18-22-111-26-30-115-33-35-116-34-32-114-29-25-110-21-17-79-60(96)42-118-41-58(94)77-14-8-7-12-50-66(103)88-53(44-121)69(106)86-49(13-9-15-82-71(75)76)64(101)83-38-57(93)85-52(37-63(99)100)68(105)89-54(45-122)70(107)87-51(36-48-10-5-4-6-11-48)67(104)90-55(46-123-47-62(98)84-50)65(102)81-19-23-112-27-31-113-28-24-109-20-16-78-59(95)40-117-39-56(74)92/h4-6,10-11,49-55,121-122H,7-9,12-47H2,1-3H3,(H2,74,92)(H,77,94)(H,78,95)(H,79,96)(H,80,97)(H,81,102)(H,83,101)(H,84,98)(H,85,93)(H,86,106)(H,87,107)(H,88,103)(H,89,105)(H,90,104)(H,91,108)(H,99,100)(H4,75,76,82)/t49-,50-,51-,52-,53-,54-,55-/m0/s1. The van der Waals surface area contributed by atoms with Crippen molar-refractivity contribution in [2.24, 2.45) is 11.5 Å². The first kappa shape index (κ1) is 109. The van der Waals surface area contributed by atoms with Gasteiger partial charge in [0.25, 0.3) is 0 Å². The smallest absolute Gasteiger partial charge is 0.431 e. The Balaban J connectivity index is 2.14. The quantitative estimate of drug-likeness (QED) is 0.00947. The highest BCUT2D eigenvalue weighted by molar-refractivity contribution is 8.00. The molecule has 1 aliphatic rings. The minimum Gasteiger partial charge on any atom is -0.481 e. The van der Waals surface area contributed by atoms with Gasteiger partial charge >= 0.3 is 12.1 Å².